The van der Waals surface area contributed by atoms with E-state index >= 15 is 0 Å². The second-order valence-electron chi connectivity index (χ2n) is 5.57. The molecule has 1 fully saturated rings. The van der Waals surface area contributed by atoms with Crippen LogP contribution in [0.15, 0.2) is 0 Å². The molecular weight excluding hydrogens is 192 g/mol. The molecule has 1 saturated heterocycles. The van der Waals surface area contributed by atoms with Gasteiger partial charge in [-0.05, 0) is 24.2 Å². The minimum atomic E-state index is 0.438. The van der Waals surface area contributed by atoms with Crippen LogP contribution in [-0.2, 0) is 4.74 Å². The molecule has 2 atom stereocenters. The van der Waals surface area contributed by atoms with E-state index in [2.05, 4.69) is 34.6 Å². The zero-order chi connectivity index (χ0) is 10.8. The molecule has 1 heterocycles. The van der Waals surface area contributed by atoms with Crippen molar-refractivity contribution >= 4 is 11.8 Å². The fraction of sp³-hybridized carbons (Fsp3) is 1.00. The maximum absolute atomic E-state index is 5.78. The lowest BCUT2D eigenvalue weighted by atomic mass is 9.76. The summed E-state index contributed by atoms with van der Waals surface area (Å²) in [5, 5.41) is 0.679. The molecule has 0 amide bonds. The summed E-state index contributed by atoms with van der Waals surface area (Å²) in [5.41, 5.74) is 0.882. The maximum atomic E-state index is 5.78. The number of hydrogen-bond donors (Lipinski definition) is 0. The average Bonchev–Trinajstić information content (AvgIpc) is 2.01. The lowest BCUT2D eigenvalue weighted by Crippen LogP contribution is -2.32. The number of rotatable bonds is 2. The van der Waals surface area contributed by atoms with Crippen LogP contribution in [-0.4, -0.2) is 17.3 Å². The maximum Gasteiger partial charge on any atom is 0.103 e. The number of ether oxygens (including phenoxy) is 1. The van der Waals surface area contributed by atoms with Gasteiger partial charge >= 0.3 is 0 Å². The van der Waals surface area contributed by atoms with E-state index in [1.54, 1.807) is 0 Å². The van der Waals surface area contributed by atoms with Crippen LogP contribution in [0, 0.1) is 11.3 Å². The topological polar surface area (TPSA) is 9.23 Å². The van der Waals surface area contributed by atoms with Crippen molar-refractivity contribution in [2.45, 2.75) is 58.1 Å². The van der Waals surface area contributed by atoms with Gasteiger partial charge in [0.1, 0.15) is 5.44 Å². The van der Waals surface area contributed by atoms with Crippen molar-refractivity contribution in [1.82, 2.24) is 0 Å². The molecule has 0 aromatic carbocycles. The molecule has 0 N–H and O–H groups in total. The first-order chi connectivity index (χ1) is 6.39. The highest BCUT2D eigenvalue weighted by Gasteiger charge is 2.31. The van der Waals surface area contributed by atoms with Gasteiger partial charge in [-0.25, -0.2) is 0 Å². The summed E-state index contributed by atoms with van der Waals surface area (Å²) in [6, 6.07) is 0. The van der Waals surface area contributed by atoms with E-state index in [0.717, 1.165) is 12.5 Å². The standard InChI is InChI=1S/C12H24OS/c1-9(2)14-11-8-10(6-7-13-11)12(3,4)5/h9-11H,6-8H2,1-5H3. The van der Waals surface area contributed by atoms with Gasteiger partial charge in [-0.3, -0.25) is 0 Å². The molecular formula is C12H24OS. The van der Waals surface area contributed by atoms with Crippen LogP contribution in [0.25, 0.3) is 0 Å². The smallest absolute Gasteiger partial charge is 0.103 e. The summed E-state index contributed by atoms with van der Waals surface area (Å²) in [4.78, 5) is 0. The van der Waals surface area contributed by atoms with Gasteiger partial charge in [0.25, 0.3) is 0 Å². The zero-order valence-corrected chi connectivity index (χ0v) is 11.0. The Labute approximate surface area is 93.0 Å². The van der Waals surface area contributed by atoms with E-state index in [0.29, 0.717) is 16.1 Å². The third-order valence-electron chi connectivity index (χ3n) is 2.90. The summed E-state index contributed by atoms with van der Waals surface area (Å²) >= 11 is 1.97. The van der Waals surface area contributed by atoms with E-state index in [1.165, 1.54) is 12.8 Å². The van der Waals surface area contributed by atoms with Gasteiger partial charge in [0, 0.05) is 11.9 Å². The van der Waals surface area contributed by atoms with Gasteiger partial charge in [0.2, 0.25) is 0 Å². The second-order valence-corrected chi connectivity index (χ2v) is 7.31. The van der Waals surface area contributed by atoms with E-state index in [9.17, 15) is 0 Å². The average molecular weight is 216 g/mol. The van der Waals surface area contributed by atoms with E-state index < -0.39 is 0 Å². The second kappa shape index (κ2) is 4.89. The Morgan fingerprint density at radius 2 is 1.93 bits per heavy atom. The summed E-state index contributed by atoms with van der Waals surface area (Å²) in [5.74, 6) is 0.826. The van der Waals surface area contributed by atoms with Crippen molar-refractivity contribution in [2.75, 3.05) is 6.61 Å². The third-order valence-corrected chi connectivity index (χ3v) is 4.07. The molecule has 1 aliphatic heterocycles. The Bertz CT molecular complexity index is 172. The minimum Gasteiger partial charge on any atom is -0.368 e. The van der Waals surface area contributed by atoms with Gasteiger partial charge in [0.15, 0.2) is 0 Å². The molecule has 84 valence electrons. The monoisotopic (exact) mass is 216 g/mol. The van der Waals surface area contributed by atoms with Crippen LogP contribution < -0.4 is 0 Å². The van der Waals surface area contributed by atoms with Gasteiger partial charge < -0.3 is 4.74 Å². The van der Waals surface area contributed by atoms with Crippen LogP contribution in [0.5, 0.6) is 0 Å². The first-order valence-corrected chi connectivity index (χ1v) is 6.61. The highest BCUT2D eigenvalue weighted by molar-refractivity contribution is 8.00. The normalized spacial score (nSPS) is 29.6. The van der Waals surface area contributed by atoms with Gasteiger partial charge in [0.05, 0.1) is 0 Å². The van der Waals surface area contributed by atoms with E-state index in [-0.39, 0.29) is 0 Å². The van der Waals surface area contributed by atoms with Gasteiger partial charge in [-0.1, -0.05) is 34.6 Å². The molecule has 1 nitrogen and oxygen atoms in total. The van der Waals surface area contributed by atoms with E-state index in [4.69, 9.17) is 4.74 Å². The van der Waals surface area contributed by atoms with Gasteiger partial charge in [-0.2, -0.15) is 0 Å². The van der Waals surface area contributed by atoms with Crippen LogP contribution in [0.2, 0.25) is 0 Å². The van der Waals surface area contributed by atoms with E-state index in [1.807, 2.05) is 11.8 Å². The summed E-state index contributed by atoms with van der Waals surface area (Å²) < 4.78 is 5.78. The van der Waals surface area contributed by atoms with Gasteiger partial charge in [-0.15, -0.1) is 11.8 Å². The lowest BCUT2D eigenvalue weighted by Gasteiger charge is -2.37. The lowest BCUT2D eigenvalue weighted by molar-refractivity contribution is 0.00982. The minimum absolute atomic E-state index is 0.438. The molecule has 0 spiro atoms. The Hall–Kier alpha value is 0.310. The molecule has 0 aromatic rings. The molecule has 0 bridgehead atoms. The SMILES string of the molecule is CC(C)SC1CC(C(C)(C)C)CCO1. The highest BCUT2D eigenvalue weighted by atomic mass is 32.2. The molecule has 0 saturated carbocycles. The van der Waals surface area contributed by atoms with Crippen molar-refractivity contribution in [3.05, 3.63) is 0 Å². The summed E-state index contributed by atoms with van der Waals surface area (Å²) in [7, 11) is 0. The molecule has 2 heteroatoms. The molecule has 1 aliphatic rings. The third kappa shape index (κ3) is 3.82. The fourth-order valence-corrected chi connectivity index (χ4v) is 3.07. The predicted molar refractivity (Wildman–Crippen MR) is 64.6 cm³/mol. The van der Waals surface area contributed by atoms with Crippen LogP contribution in [0.3, 0.4) is 0 Å². The molecule has 1 rings (SSSR count). The fourth-order valence-electron chi connectivity index (χ4n) is 1.94. The molecule has 0 radical (unpaired) electrons. The van der Waals surface area contributed by atoms with Crippen LogP contribution in [0.4, 0.5) is 0 Å². The molecule has 2 unspecified atom stereocenters. The predicted octanol–water partition coefficient (Wildman–Crippen LogP) is 3.93. The van der Waals surface area contributed by atoms with Crippen molar-refractivity contribution in [1.29, 1.82) is 0 Å². The summed E-state index contributed by atoms with van der Waals surface area (Å²) in [6.45, 7) is 12.5. The molecule has 0 aromatic heterocycles. The van der Waals surface area contributed by atoms with Crippen molar-refractivity contribution in [3.8, 4) is 0 Å². The molecule has 14 heavy (non-hydrogen) atoms. The summed E-state index contributed by atoms with van der Waals surface area (Å²) in [6.07, 6.45) is 2.46. The number of hydrogen-bond acceptors (Lipinski definition) is 2. The quantitative estimate of drug-likeness (QED) is 0.692. The number of thioether (sulfide) groups is 1. The highest BCUT2D eigenvalue weighted by Crippen LogP contribution is 2.39. The van der Waals surface area contributed by atoms with Crippen LogP contribution >= 0.6 is 11.8 Å². The van der Waals surface area contributed by atoms with Crippen LogP contribution in [0.1, 0.15) is 47.5 Å². The Kier molecular flexibility index (Phi) is 4.32. The first-order valence-electron chi connectivity index (χ1n) is 5.66. The Balaban J connectivity index is 2.44. The van der Waals surface area contributed by atoms with Crippen molar-refractivity contribution < 1.29 is 4.74 Å². The zero-order valence-electron chi connectivity index (χ0n) is 10.2. The Morgan fingerprint density at radius 3 is 2.43 bits per heavy atom. The first kappa shape index (κ1) is 12.4. The largest absolute Gasteiger partial charge is 0.368 e. The Morgan fingerprint density at radius 1 is 1.29 bits per heavy atom. The van der Waals surface area contributed by atoms with Crippen molar-refractivity contribution in [3.63, 3.8) is 0 Å². The molecule has 0 aliphatic carbocycles. The van der Waals surface area contributed by atoms with Crippen molar-refractivity contribution in [2.24, 2.45) is 11.3 Å².